The fraction of sp³-hybridized carbons (Fsp3) is 0. The number of nitrogens with one attached hydrogen (secondary N) is 3. The van der Waals surface area contributed by atoms with Crippen LogP contribution < -0.4 is 16.2 Å². The highest BCUT2D eigenvalue weighted by Crippen LogP contribution is 2.32. The Morgan fingerprint density at radius 3 is 2.28 bits per heavy atom. The monoisotopic (exact) mass is 436 g/mol. The van der Waals surface area contributed by atoms with Crippen LogP contribution in [0.3, 0.4) is 0 Å². The van der Waals surface area contributed by atoms with E-state index in [1.54, 1.807) is 0 Å². The van der Waals surface area contributed by atoms with Crippen molar-refractivity contribution in [1.29, 1.82) is 0 Å². The van der Waals surface area contributed by atoms with E-state index in [1.807, 2.05) is 0 Å². The minimum absolute atomic E-state index is 0.141. The van der Waals surface area contributed by atoms with Gasteiger partial charge in [-0.1, -0.05) is 23.2 Å². The highest BCUT2D eigenvalue weighted by molar-refractivity contribution is 6.35. The Kier molecular flexibility index (Phi) is 6.05. The first-order chi connectivity index (χ1) is 13.8. The third-order valence-electron chi connectivity index (χ3n) is 3.53. The van der Waals surface area contributed by atoms with Crippen LogP contribution in [0.15, 0.2) is 48.8 Å². The molecule has 29 heavy (non-hydrogen) atoms. The summed E-state index contributed by atoms with van der Waals surface area (Å²) in [4.78, 5) is 30.6. The lowest BCUT2D eigenvalue weighted by molar-refractivity contribution is -0.383. The molecule has 0 aliphatic rings. The van der Waals surface area contributed by atoms with E-state index < -0.39 is 22.3 Å². The number of nitrogens with zero attached hydrogens (tertiary/aromatic N) is 3. The van der Waals surface area contributed by atoms with Gasteiger partial charge in [0, 0.05) is 21.3 Å². The molecule has 3 rings (SSSR count). The normalized spacial score (nSPS) is 10.3. The fourth-order valence-corrected chi connectivity index (χ4v) is 2.81. The first kappa shape index (κ1) is 20.2. The fourth-order valence-electron chi connectivity index (χ4n) is 2.29. The van der Waals surface area contributed by atoms with Crippen molar-refractivity contribution in [1.82, 2.24) is 15.4 Å². The van der Waals surface area contributed by atoms with Crippen molar-refractivity contribution in [2.75, 3.05) is 10.7 Å². The van der Waals surface area contributed by atoms with Crippen LogP contribution in [-0.2, 0) is 0 Å². The van der Waals surface area contributed by atoms with Gasteiger partial charge in [-0.25, -0.2) is 14.4 Å². The summed E-state index contributed by atoms with van der Waals surface area (Å²) in [6.45, 7) is 0. The van der Waals surface area contributed by atoms with Crippen molar-refractivity contribution in [3.05, 3.63) is 80.3 Å². The molecular formula is C17H11Cl2FN6O3. The lowest BCUT2D eigenvalue weighted by Gasteiger charge is -2.11. The molecule has 0 fully saturated rings. The summed E-state index contributed by atoms with van der Waals surface area (Å²) >= 11 is 11.9. The standard InChI is InChI=1S/C17H11Cl2FN6O3/c18-10-5-11(19)7-13(6-10)23-15-14(26(28)29)16(22-8-21-15)24-25-17(27)9-1-3-12(20)4-2-9/h1-8H,(H,25,27)(H2,21,22,23,24). The topological polar surface area (TPSA) is 122 Å². The van der Waals surface area contributed by atoms with Gasteiger partial charge in [0.1, 0.15) is 12.1 Å². The van der Waals surface area contributed by atoms with E-state index in [1.165, 1.54) is 30.3 Å². The minimum atomic E-state index is -0.721. The number of nitro groups is 1. The average Bonchev–Trinajstić information content (AvgIpc) is 2.65. The highest BCUT2D eigenvalue weighted by Gasteiger charge is 2.24. The molecule has 0 bridgehead atoms. The molecule has 2 aromatic carbocycles. The van der Waals surface area contributed by atoms with E-state index in [0.29, 0.717) is 15.7 Å². The second-order valence-electron chi connectivity index (χ2n) is 5.55. The van der Waals surface area contributed by atoms with Crippen molar-refractivity contribution in [3.63, 3.8) is 0 Å². The summed E-state index contributed by atoms with van der Waals surface area (Å²) in [5.41, 5.74) is 4.62. The summed E-state index contributed by atoms with van der Waals surface area (Å²) in [5.74, 6) is -1.57. The largest absolute Gasteiger partial charge is 0.355 e. The van der Waals surface area contributed by atoms with E-state index in [4.69, 9.17) is 23.2 Å². The second kappa shape index (κ2) is 8.67. The number of carbonyl (C=O) groups excluding carboxylic acids is 1. The van der Waals surface area contributed by atoms with Crippen LogP contribution >= 0.6 is 23.2 Å². The van der Waals surface area contributed by atoms with Crippen LogP contribution in [0, 0.1) is 15.9 Å². The Bertz CT molecular complexity index is 1060. The Labute approximate surface area is 173 Å². The Morgan fingerprint density at radius 1 is 1.03 bits per heavy atom. The molecule has 0 spiro atoms. The SMILES string of the molecule is O=C(NNc1ncnc(Nc2cc(Cl)cc(Cl)c2)c1[N+](=O)[O-])c1ccc(F)cc1. The van der Waals surface area contributed by atoms with Crippen LogP contribution in [-0.4, -0.2) is 20.8 Å². The number of carbonyl (C=O) groups is 1. The van der Waals surface area contributed by atoms with Crippen molar-refractivity contribution in [2.45, 2.75) is 0 Å². The van der Waals surface area contributed by atoms with Crippen LogP contribution in [0.5, 0.6) is 0 Å². The Hall–Kier alpha value is -3.50. The first-order valence-corrected chi connectivity index (χ1v) is 8.63. The predicted octanol–water partition coefficient (Wildman–Crippen LogP) is 4.33. The van der Waals surface area contributed by atoms with Gasteiger partial charge in [-0.15, -0.1) is 0 Å². The van der Waals surface area contributed by atoms with Gasteiger partial charge in [-0.05, 0) is 42.5 Å². The third-order valence-corrected chi connectivity index (χ3v) is 3.97. The summed E-state index contributed by atoms with van der Waals surface area (Å²) in [7, 11) is 0. The number of rotatable bonds is 6. The summed E-state index contributed by atoms with van der Waals surface area (Å²) in [5, 5.41) is 14.9. The molecule has 3 N–H and O–H groups in total. The molecule has 148 valence electrons. The van der Waals surface area contributed by atoms with Crippen molar-refractivity contribution in [3.8, 4) is 0 Å². The smallest absolute Gasteiger partial charge is 0.334 e. The van der Waals surface area contributed by atoms with Gasteiger partial charge in [-0.2, -0.15) is 0 Å². The van der Waals surface area contributed by atoms with Crippen LogP contribution in [0.25, 0.3) is 0 Å². The lowest BCUT2D eigenvalue weighted by atomic mass is 10.2. The van der Waals surface area contributed by atoms with E-state index in [0.717, 1.165) is 18.5 Å². The van der Waals surface area contributed by atoms with Gasteiger partial charge in [0.05, 0.1) is 4.92 Å². The molecule has 0 saturated carbocycles. The van der Waals surface area contributed by atoms with Gasteiger partial charge >= 0.3 is 5.69 Å². The lowest BCUT2D eigenvalue weighted by Crippen LogP contribution is -2.30. The number of halogens is 3. The molecule has 0 radical (unpaired) electrons. The zero-order chi connectivity index (χ0) is 21.0. The Morgan fingerprint density at radius 2 is 1.66 bits per heavy atom. The number of anilines is 3. The van der Waals surface area contributed by atoms with E-state index in [2.05, 4.69) is 26.1 Å². The molecule has 0 atom stereocenters. The summed E-state index contributed by atoms with van der Waals surface area (Å²) < 4.78 is 13.0. The molecular weight excluding hydrogens is 426 g/mol. The molecule has 1 amide bonds. The van der Waals surface area contributed by atoms with E-state index >= 15 is 0 Å². The number of benzene rings is 2. The number of aromatic nitrogens is 2. The second-order valence-corrected chi connectivity index (χ2v) is 6.42. The van der Waals surface area contributed by atoms with Gasteiger partial charge in [0.15, 0.2) is 0 Å². The zero-order valence-corrected chi connectivity index (χ0v) is 15.8. The van der Waals surface area contributed by atoms with Crippen LogP contribution in [0.2, 0.25) is 10.0 Å². The van der Waals surface area contributed by atoms with Gasteiger partial charge in [0.25, 0.3) is 5.91 Å². The van der Waals surface area contributed by atoms with E-state index in [9.17, 15) is 19.3 Å². The maximum atomic E-state index is 13.0. The number of hydrazine groups is 1. The molecule has 9 nitrogen and oxygen atoms in total. The number of hydrogen-bond acceptors (Lipinski definition) is 7. The predicted molar refractivity (Wildman–Crippen MR) is 106 cm³/mol. The molecule has 0 aliphatic heterocycles. The maximum absolute atomic E-state index is 13.0. The highest BCUT2D eigenvalue weighted by atomic mass is 35.5. The number of hydrogen-bond donors (Lipinski definition) is 3. The summed E-state index contributed by atoms with van der Waals surface area (Å²) in [6, 6.07) is 9.25. The summed E-state index contributed by atoms with van der Waals surface area (Å²) in [6.07, 6.45) is 1.06. The molecule has 1 aromatic heterocycles. The zero-order valence-electron chi connectivity index (χ0n) is 14.3. The van der Waals surface area contributed by atoms with E-state index in [-0.39, 0.29) is 17.2 Å². The third kappa shape index (κ3) is 5.06. The van der Waals surface area contributed by atoms with Gasteiger partial charge in [0.2, 0.25) is 11.6 Å². The molecule has 0 unspecified atom stereocenters. The van der Waals surface area contributed by atoms with Crippen LogP contribution in [0.1, 0.15) is 10.4 Å². The van der Waals surface area contributed by atoms with Gasteiger partial charge < -0.3 is 5.32 Å². The maximum Gasteiger partial charge on any atom is 0.355 e. The van der Waals surface area contributed by atoms with Crippen LogP contribution in [0.4, 0.5) is 27.4 Å². The number of amides is 1. The molecule has 12 heteroatoms. The molecule has 0 saturated heterocycles. The van der Waals surface area contributed by atoms with Crippen molar-refractivity contribution >= 4 is 52.1 Å². The van der Waals surface area contributed by atoms with Crippen molar-refractivity contribution in [2.24, 2.45) is 0 Å². The van der Waals surface area contributed by atoms with Crippen molar-refractivity contribution < 1.29 is 14.1 Å². The molecule has 3 aromatic rings. The quantitative estimate of drug-likeness (QED) is 0.388. The Balaban J connectivity index is 1.83. The minimum Gasteiger partial charge on any atom is -0.334 e. The molecule has 0 aliphatic carbocycles. The molecule has 1 heterocycles. The first-order valence-electron chi connectivity index (χ1n) is 7.88. The van der Waals surface area contributed by atoms with Gasteiger partial charge in [-0.3, -0.25) is 25.8 Å². The average molecular weight is 437 g/mol.